The summed E-state index contributed by atoms with van der Waals surface area (Å²) in [6, 6.07) is 16.2. The van der Waals surface area contributed by atoms with Gasteiger partial charge in [-0.3, -0.25) is 4.79 Å². The summed E-state index contributed by atoms with van der Waals surface area (Å²) in [4.78, 5) is 19.7. The van der Waals surface area contributed by atoms with Gasteiger partial charge in [-0.05, 0) is 56.5 Å². The smallest absolute Gasteiger partial charge is 0.254 e. The Morgan fingerprint density at radius 1 is 1.14 bits per heavy atom. The summed E-state index contributed by atoms with van der Waals surface area (Å²) in [5.74, 6) is 0.947. The average molecular weight is 393 g/mol. The number of nitrogens with zero attached hydrogens (tertiary/aromatic N) is 2. The van der Waals surface area contributed by atoms with Gasteiger partial charge >= 0.3 is 0 Å². The van der Waals surface area contributed by atoms with Crippen LogP contribution in [0.5, 0.6) is 5.75 Å². The number of hydrogen-bond donors (Lipinski definition) is 0. The lowest BCUT2D eigenvalue weighted by atomic mass is 10.1. The summed E-state index contributed by atoms with van der Waals surface area (Å²) in [7, 11) is 0. The van der Waals surface area contributed by atoms with E-state index in [0.717, 1.165) is 40.4 Å². The molecule has 2 aromatic carbocycles. The van der Waals surface area contributed by atoms with Crippen LogP contribution in [-0.2, 0) is 13.2 Å². The average Bonchev–Trinajstić information content (AvgIpc) is 3.43. The van der Waals surface area contributed by atoms with Crippen molar-refractivity contribution in [3.8, 4) is 5.75 Å². The Bertz CT molecular complexity index is 978. The van der Waals surface area contributed by atoms with E-state index < -0.39 is 0 Å². The minimum atomic E-state index is 0.0942. The summed E-state index contributed by atoms with van der Waals surface area (Å²) < 4.78 is 5.85. The first-order valence-electron chi connectivity index (χ1n) is 9.59. The number of carbonyl (C=O) groups excluding carboxylic acids is 1. The van der Waals surface area contributed by atoms with E-state index in [1.54, 1.807) is 11.3 Å². The molecule has 5 heteroatoms. The van der Waals surface area contributed by atoms with Crippen LogP contribution in [0, 0.1) is 13.8 Å². The van der Waals surface area contributed by atoms with Gasteiger partial charge < -0.3 is 9.64 Å². The summed E-state index contributed by atoms with van der Waals surface area (Å²) in [6.45, 7) is 5.06. The Kier molecular flexibility index (Phi) is 5.44. The van der Waals surface area contributed by atoms with Crippen molar-refractivity contribution < 1.29 is 9.53 Å². The van der Waals surface area contributed by atoms with Crippen LogP contribution >= 0.6 is 11.3 Å². The molecule has 0 spiro atoms. The van der Waals surface area contributed by atoms with Crippen molar-refractivity contribution in [2.75, 3.05) is 0 Å². The van der Waals surface area contributed by atoms with E-state index in [-0.39, 0.29) is 5.91 Å². The largest absolute Gasteiger partial charge is 0.486 e. The van der Waals surface area contributed by atoms with Crippen molar-refractivity contribution in [3.63, 3.8) is 0 Å². The molecule has 0 aliphatic heterocycles. The number of hydrogen-bond acceptors (Lipinski definition) is 4. The predicted molar refractivity (Wildman–Crippen MR) is 112 cm³/mol. The molecule has 1 aliphatic rings. The van der Waals surface area contributed by atoms with Crippen molar-refractivity contribution in [3.05, 3.63) is 81.3 Å². The predicted octanol–water partition coefficient (Wildman–Crippen LogP) is 5.14. The summed E-state index contributed by atoms with van der Waals surface area (Å²) >= 11 is 1.58. The number of aryl methyl sites for hydroxylation is 2. The maximum absolute atomic E-state index is 13.0. The van der Waals surface area contributed by atoms with Gasteiger partial charge in [0.05, 0.1) is 12.2 Å². The molecule has 0 bridgehead atoms. The molecule has 3 aromatic rings. The molecule has 0 radical (unpaired) electrons. The summed E-state index contributed by atoms with van der Waals surface area (Å²) in [6.07, 6.45) is 2.15. The normalized spacial score (nSPS) is 13.4. The lowest BCUT2D eigenvalue weighted by Crippen LogP contribution is -2.32. The molecule has 1 amide bonds. The fourth-order valence-electron chi connectivity index (χ4n) is 3.21. The van der Waals surface area contributed by atoms with Crippen molar-refractivity contribution in [2.45, 2.75) is 45.9 Å². The zero-order chi connectivity index (χ0) is 19.5. The van der Waals surface area contributed by atoms with Gasteiger partial charge in [0.25, 0.3) is 5.91 Å². The second-order valence-corrected chi connectivity index (χ2v) is 8.31. The monoisotopic (exact) mass is 392 g/mol. The Balaban J connectivity index is 1.42. The van der Waals surface area contributed by atoms with Crippen LogP contribution in [0.3, 0.4) is 0 Å². The molecule has 28 heavy (non-hydrogen) atoms. The van der Waals surface area contributed by atoms with Gasteiger partial charge in [-0.15, -0.1) is 11.3 Å². The number of benzene rings is 2. The number of carbonyl (C=O) groups is 1. The molecule has 0 unspecified atom stereocenters. The highest BCUT2D eigenvalue weighted by Crippen LogP contribution is 2.30. The number of rotatable bonds is 7. The molecule has 0 saturated heterocycles. The van der Waals surface area contributed by atoms with E-state index in [1.807, 2.05) is 72.7 Å². The SMILES string of the molecule is Cc1cccc(OCc2nc(CN(C(=O)c3cccc(C)c3)C3CC3)cs2)c1. The molecular weight excluding hydrogens is 368 g/mol. The molecular formula is C23H24N2O2S. The third-order valence-electron chi connectivity index (χ3n) is 4.80. The zero-order valence-electron chi connectivity index (χ0n) is 16.2. The summed E-state index contributed by atoms with van der Waals surface area (Å²) in [5, 5.41) is 2.96. The third-order valence-corrected chi connectivity index (χ3v) is 5.67. The first kappa shape index (κ1) is 18.7. The molecule has 1 saturated carbocycles. The molecule has 4 nitrogen and oxygen atoms in total. The van der Waals surface area contributed by atoms with E-state index >= 15 is 0 Å². The van der Waals surface area contributed by atoms with Crippen LogP contribution in [0.15, 0.2) is 53.9 Å². The molecule has 4 rings (SSSR count). The fraction of sp³-hybridized carbons (Fsp3) is 0.304. The number of amides is 1. The molecule has 1 aromatic heterocycles. The highest BCUT2D eigenvalue weighted by molar-refractivity contribution is 7.09. The molecule has 144 valence electrons. The first-order valence-corrected chi connectivity index (χ1v) is 10.5. The zero-order valence-corrected chi connectivity index (χ0v) is 17.0. The second kappa shape index (κ2) is 8.15. The number of aromatic nitrogens is 1. The van der Waals surface area contributed by atoms with Crippen LogP contribution in [0.1, 0.15) is 45.0 Å². The van der Waals surface area contributed by atoms with Gasteiger partial charge in [0.15, 0.2) is 0 Å². The van der Waals surface area contributed by atoms with Gasteiger partial charge in [0.1, 0.15) is 17.4 Å². The third kappa shape index (κ3) is 4.60. The van der Waals surface area contributed by atoms with Crippen LogP contribution < -0.4 is 4.74 Å². The van der Waals surface area contributed by atoms with Gasteiger partial charge in [0.2, 0.25) is 0 Å². The second-order valence-electron chi connectivity index (χ2n) is 7.37. The van der Waals surface area contributed by atoms with Crippen LogP contribution in [-0.4, -0.2) is 21.8 Å². The maximum atomic E-state index is 13.0. The molecule has 0 atom stereocenters. The van der Waals surface area contributed by atoms with Crippen LogP contribution in [0.25, 0.3) is 0 Å². The van der Waals surface area contributed by atoms with Crippen molar-refractivity contribution in [1.82, 2.24) is 9.88 Å². The lowest BCUT2D eigenvalue weighted by Gasteiger charge is -2.21. The van der Waals surface area contributed by atoms with Crippen LogP contribution in [0.4, 0.5) is 0 Å². The van der Waals surface area contributed by atoms with E-state index in [9.17, 15) is 4.79 Å². The van der Waals surface area contributed by atoms with Crippen molar-refractivity contribution in [2.24, 2.45) is 0 Å². The molecule has 1 aliphatic carbocycles. The Morgan fingerprint density at radius 2 is 1.89 bits per heavy atom. The van der Waals surface area contributed by atoms with Crippen molar-refractivity contribution in [1.29, 1.82) is 0 Å². The standard InChI is InChI=1S/C23H24N2O2S/c1-16-5-3-7-18(11-16)23(26)25(20-9-10-20)13-19-15-28-22(24-19)14-27-21-8-4-6-17(2)12-21/h3-8,11-12,15,20H,9-10,13-14H2,1-2H3. The van der Waals surface area contributed by atoms with Gasteiger partial charge in [-0.1, -0.05) is 29.8 Å². The van der Waals surface area contributed by atoms with Crippen molar-refractivity contribution >= 4 is 17.2 Å². The lowest BCUT2D eigenvalue weighted by molar-refractivity contribution is 0.0728. The van der Waals surface area contributed by atoms with E-state index in [4.69, 9.17) is 9.72 Å². The molecule has 0 N–H and O–H groups in total. The molecule has 1 fully saturated rings. The van der Waals surface area contributed by atoms with E-state index in [1.165, 1.54) is 5.56 Å². The Hall–Kier alpha value is -2.66. The summed E-state index contributed by atoms with van der Waals surface area (Å²) in [5.41, 5.74) is 3.96. The van der Waals surface area contributed by atoms with Gasteiger partial charge in [-0.2, -0.15) is 0 Å². The minimum absolute atomic E-state index is 0.0942. The van der Waals surface area contributed by atoms with E-state index in [0.29, 0.717) is 19.2 Å². The van der Waals surface area contributed by atoms with Crippen LogP contribution in [0.2, 0.25) is 0 Å². The van der Waals surface area contributed by atoms with E-state index in [2.05, 4.69) is 0 Å². The highest BCUT2D eigenvalue weighted by Gasteiger charge is 2.33. The number of thiazole rings is 1. The fourth-order valence-corrected chi connectivity index (χ4v) is 3.91. The van der Waals surface area contributed by atoms with Gasteiger partial charge in [0, 0.05) is 17.0 Å². The topological polar surface area (TPSA) is 42.4 Å². The Labute approximate surface area is 169 Å². The maximum Gasteiger partial charge on any atom is 0.254 e. The first-order chi connectivity index (χ1) is 13.6. The quantitative estimate of drug-likeness (QED) is 0.559. The molecule has 1 heterocycles. The minimum Gasteiger partial charge on any atom is -0.486 e. The number of ether oxygens (including phenoxy) is 1. The van der Waals surface area contributed by atoms with Gasteiger partial charge in [-0.25, -0.2) is 4.98 Å². The highest BCUT2D eigenvalue weighted by atomic mass is 32.1. The Morgan fingerprint density at radius 3 is 2.61 bits per heavy atom.